The fraction of sp³-hybridized carbons (Fsp3) is 0.545. The summed E-state index contributed by atoms with van der Waals surface area (Å²) in [6.07, 6.45) is 4.26. The van der Waals surface area contributed by atoms with E-state index in [1.165, 1.54) is 18.4 Å². The quantitative estimate of drug-likeness (QED) is 0.894. The second kappa shape index (κ2) is 4.49. The maximum Gasteiger partial charge on any atom is 0.131 e. The van der Waals surface area contributed by atoms with Crippen molar-refractivity contribution in [2.45, 2.75) is 25.8 Å². The summed E-state index contributed by atoms with van der Waals surface area (Å²) in [6.45, 7) is 3.90. The predicted octanol–water partition coefficient (Wildman–Crippen LogP) is 2.08. The van der Waals surface area contributed by atoms with Crippen molar-refractivity contribution in [1.82, 2.24) is 4.98 Å². The Balaban J connectivity index is 2.28. The van der Waals surface area contributed by atoms with Crippen molar-refractivity contribution in [2.24, 2.45) is 5.73 Å². The van der Waals surface area contributed by atoms with Gasteiger partial charge in [0.05, 0.1) is 0 Å². The number of rotatable bonds is 2. The van der Waals surface area contributed by atoms with Crippen LogP contribution < -0.4 is 10.6 Å². The van der Waals surface area contributed by atoms with Gasteiger partial charge in [-0.25, -0.2) is 4.98 Å². The average molecular weight is 270 g/mol. The van der Waals surface area contributed by atoms with E-state index in [0.717, 1.165) is 23.4 Å². The Bertz CT molecular complexity index is 354. The fourth-order valence-electron chi connectivity index (χ4n) is 2.19. The highest BCUT2D eigenvalue weighted by atomic mass is 79.9. The third-order valence-electron chi connectivity index (χ3n) is 2.94. The molecule has 0 aliphatic carbocycles. The summed E-state index contributed by atoms with van der Waals surface area (Å²) in [4.78, 5) is 6.82. The third kappa shape index (κ3) is 2.16. The summed E-state index contributed by atoms with van der Waals surface area (Å²) >= 11 is 3.43. The third-order valence-corrected chi connectivity index (χ3v) is 3.37. The van der Waals surface area contributed by atoms with Crippen LogP contribution in [0.1, 0.15) is 18.4 Å². The minimum atomic E-state index is 0.470. The summed E-state index contributed by atoms with van der Waals surface area (Å²) in [7, 11) is 0. The molecule has 1 aromatic heterocycles. The SMILES string of the molecule is Cc1cc(Br)cnc1N1CCCC1CN. The first-order valence-electron chi connectivity index (χ1n) is 5.31. The van der Waals surface area contributed by atoms with E-state index >= 15 is 0 Å². The van der Waals surface area contributed by atoms with E-state index in [4.69, 9.17) is 5.73 Å². The maximum absolute atomic E-state index is 5.76. The first-order chi connectivity index (χ1) is 7.22. The minimum absolute atomic E-state index is 0.470. The van der Waals surface area contributed by atoms with Crippen LogP contribution in [0.15, 0.2) is 16.7 Å². The van der Waals surface area contributed by atoms with Crippen molar-refractivity contribution in [2.75, 3.05) is 18.0 Å². The maximum atomic E-state index is 5.76. The van der Waals surface area contributed by atoms with Crippen LogP contribution in [-0.4, -0.2) is 24.1 Å². The molecule has 0 spiro atoms. The average Bonchev–Trinajstić information content (AvgIpc) is 2.65. The lowest BCUT2D eigenvalue weighted by molar-refractivity contribution is 0.670. The van der Waals surface area contributed by atoms with Gasteiger partial charge in [-0.15, -0.1) is 0 Å². The van der Waals surface area contributed by atoms with E-state index in [0.29, 0.717) is 6.04 Å². The number of hydrogen-bond donors (Lipinski definition) is 1. The van der Waals surface area contributed by atoms with Gasteiger partial charge in [-0.1, -0.05) is 0 Å². The molecule has 15 heavy (non-hydrogen) atoms. The fourth-order valence-corrected chi connectivity index (χ4v) is 2.64. The largest absolute Gasteiger partial charge is 0.352 e. The highest BCUT2D eigenvalue weighted by molar-refractivity contribution is 9.10. The standard InChI is InChI=1S/C11H16BrN3/c1-8-5-9(12)7-14-11(8)15-4-2-3-10(15)6-13/h5,7,10H,2-4,6,13H2,1H3. The molecule has 2 heterocycles. The van der Waals surface area contributed by atoms with Gasteiger partial charge in [0, 0.05) is 29.8 Å². The number of nitrogens with two attached hydrogens (primary N) is 1. The number of anilines is 1. The van der Waals surface area contributed by atoms with Crippen LogP contribution in [0.4, 0.5) is 5.82 Å². The lowest BCUT2D eigenvalue weighted by atomic mass is 10.2. The molecular weight excluding hydrogens is 254 g/mol. The Labute approximate surface area is 98.8 Å². The molecule has 4 heteroatoms. The van der Waals surface area contributed by atoms with E-state index in [1.54, 1.807) is 0 Å². The minimum Gasteiger partial charge on any atom is -0.352 e. The van der Waals surface area contributed by atoms with Crippen molar-refractivity contribution in [3.8, 4) is 0 Å². The molecule has 82 valence electrons. The van der Waals surface area contributed by atoms with Gasteiger partial charge in [-0.3, -0.25) is 0 Å². The van der Waals surface area contributed by atoms with E-state index in [1.807, 2.05) is 6.20 Å². The molecule has 1 aliphatic rings. The van der Waals surface area contributed by atoms with Gasteiger partial charge < -0.3 is 10.6 Å². The van der Waals surface area contributed by atoms with Crippen molar-refractivity contribution in [3.63, 3.8) is 0 Å². The van der Waals surface area contributed by atoms with Crippen LogP contribution in [0.25, 0.3) is 0 Å². The van der Waals surface area contributed by atoms with E-state index in [9.17, 15) is 0 Å². The molecule has 1 fully saturated rings. The van der Waals surface area contributed by atoms with Crippen molar-refractivity contribution in [3.05, 3.63) is 22.3 Å². The molecule has 0 bridgehead atoms. The Morgan fingerprint density at radius 2 is 2.47 bits per heavy atom. The van der Waals surface area contributed by atoms with E-state index < -0.39 is 0 Å². The van der Waals surface area contributed by atoms with Crippen molar-refractivity contribution >= 4 is 21.7 Å². The molecule has 0 amide bonds. The monoisotopic (exact) mass is 269 g/mol. The zero-order chi connectivity index (χ0) is 10.8. The molecule has 1 aromatic rings. The lowest BCUT2D eigenvalue weighted by Gasteiger charge is -2.26. The Morgan fingerprint density at radius 3 is 3.13 bits per heavy atom. The van der Waals surface area contributed by atoms with Gasteiger partial charge in [0.25, 0.3) is 0 Å². The molecule has 3 nitrogen and oxygen atoms in total. The van der Waals surface area contributed by atoms with Crippen molar-refractivity contribution < 1.29 is 0 Å². The summed E-state index contributed by atoms with van der Waals surface area (Å²) in [6, 6.07) is 2.58. The number of nitrogens with zero attached hydrogens (tertiary/aromatic N) is 2. The van der Waals surface area contributed by atoms with Gasteiger partial charge in [0.1, 0.15) is 5.82 Å². The number of aromatic nitrogens is 1. The van der Waals surface area contributed by atoms with Crippen LogP contribution in [0.5, 0.6) is 0 Å². The number of halogens is 1. The summed E-state index contributed by atoms with van der Waals surface area (Å²) in [5.74, 6) is 1.09. The second-order valence-corrected chi connectivity index (χ2v) is 4.93. The molecule has 0 radical (unpaired) electrons. The van der Waals surface area contributed by atoms with Crippen LogP contribution in [0, 0.1) is 6.92 Å². The van der Waals surface area contributed by atoms with E-state index in [2.05, 4.69) is 38.8 Å². The Hall–Kier alpha value is -0.610. The van der Waals surface area contributed by atoms with Gasteiger partial charge in [-0.05, 0) is 47.3 Å². The first-order valence-corrected chi connectivity index (χ1v) is 6.10. The molecule has 2 N–H and O–H groups in total. The molecule has 2 rings (SSSR count). The lowest BCUT2D eigenvalue weighted by Crippen LogP contribution is -2.36. The van der Waals surface area contributed by atoms with Gasteiger partial charge >= 0.3 is 0 Å². The number of hydrogen-bond acceptors (Lipinski definition) is 3. The normalized spacial score (nSPS) is 21.0. The highest BCUT2D eigenvalue weighted by Gasteiger charge is 2.25. The zero-order valence-corrected chi connectivity index (χ0v) is 10.5. The van der Waals surface area contributed by atoms with Crippen LogP contribution in [-0.2, 0) is 0 Å². The summed E-state index contributed by atoms with van der Waals surface area (Å²) < 4.78 is 1.03. The Morgan fingerprint density at radius 1 is 1.67 bits per heavy atom. The molecule has 1 atom stereocenters. The van der Waals surface area contributed by atoms with E-state index in [-0.39, 0.29) is 0 Å². The summed E-state index contributed by atoms with van der Waals surface area (Å²) in [5.41, 5.74) is 6.98. The van der Waals surface area contributed by atoms with Gasteiger partial charge in [0.15, 0.2) is 0 Å². The first kappa shape index (κ1) is 10.9. The van der Waals surface area contributed by atoms with Crippen LogP contribution in [0.2, 0.25) is 0 Å². The zero-order valence-electron chi connectivity index (χ0n) is 8.91. The van der Waals surface area contributed by atoms with Crippen LogP contribution in [0.3, 0.4) is 0 Å². The summed E-state index contributed by atoms with van der Waals surface area (Å²) in [5, 5.41) is 0. The Kier molecular flexibility index (Phi) is 3.26. The predicted molar refractivity (Wildman–Crippen MR) is 66.1 cm³/mol. The smallest absolute Gasteiger partial charge is 0.131 e. The van der Waals surface area contributed by atoms with Gasteiger partial charge in [0.2, 0.25) is 0 Å². The van der Waals surface area contributed by atoms with Crippen molar-refractivity contribution in [1.29, 1.82) is 0 Å². The van der Waals surface area contributed by atoms with Gasteiger partial charge in [-0.2, -0.15) is 0 Å². The number of aryl methyl sites for hydroxylation is 1. The molecular formula is C11H16BrN3. The molecule has 1 saturated heterocycles. The highest BCUT2D eigenvalue weighted by Crippen LogP contribution is 2.27. The topological polar surface area (TPSA) is 42.2 Å². The second-order valence-electron chi connectivity index (χ2n) is 4.02. The molecule has 1 unspecified atom stereocenters. The van der Waals surface area contributed by atoms with Crippen LogP contribution >= 0.6 is 15.9 Å². The molecule has 0 saturated carbocycles. The molecule has 0 aromatic carbocycles. The number of pyridine rings is 1. The molecule has 1 aliphatic heterocycles.